The van der Waals surface area contributed by atoms with Gasteiger partial charge in [-0.2, -0.15) is 16.8 Å². The maximum atomic E-state index is 12.8. The molecule has 3 aromatic rings. The number of hydrogen-bond donors (Lipinski definition) is 3. The van der Waals surface area contributed by atoms with Crippen LogP contribution in [-0.4, -0.2) is 50.1 Å². The largest absolute Gasteiger partial charge is 1.00 e. The van der Waals surface area contributed by atoms with E-state index in [1.54, 1.807) is 6.07 Å². The first-order valence-electron chi connectivity index (χ1n) is 11.0. The summed E-state index contributed by atoms with van der Waals surface area (Å²) in [4.78, 5) is 24.5. The van der Waals surface area contributed by atoms with Gasteiger partial charge in [0, 0.05) is 36.7 Å². The summed E-state index contributed by atoms with van der Waals surface area (Å²) in [5.41, 5.74) is 0.929. The Balaban J connectivity index is 0.00000253. The van der Waals surface area contributed by atoms with Crippen LogP contribution in [0.2, 0.25) is 0 Å². The minimum atomic E-state index is -4.92. The van der Waals surface area contributed by atoms with E-state index in [2.05, 4.69) is 4.90 Å². The molecule has 1 aliphatic rings. The molecule has 196 valence electrons. The number of benzene rings is 1. The van der Waals surface area contributed by atoms with Crippen molar-refractivity contribution in [3.63, 3.8) is 0 Å². The summed E-state index contributed by atoms with van der Waals surface area (Å²) in [6.45, 7) is 1.51. The maximum Gasteiger partial charge on any atom is 1.00 e. The van der Waals surface area contributed by atoms with Gasteiger partial charge < -0.3 is 15.9 Å². The molecular weight excluding hydrogens is 557 g/mol. The second-order valence-electron chi connectivity index (χ2n) is 8.47. The van der Waals surface area contributed by atoms with Gasteiger partial charge in [-0.1, -0.05) is 6.42 Å². The number of aliphatic carboxylic acids is 1. The molecule has 15 heteroatoms. The summed E-state index contributed by atoms with van der Waals surface area (Å²) in [7, 11) is -9.70. The molecule has 3 N–H and O–H groups in total. The van der Waals surface area contributed by atoms with Crippen molar-refractivity contribution >= 4 is 54.2 Å². The number of thiophene rings is 1. The van der Waals surface area contributed by atoms with Crippen molar-refractivity contribution in [3.8, 4) is 10.4 Å². The van der Waals surface area contributed by atoms with Crippen LogP contribution in [-0.2, 0) is 31.5 Å². The Kier molecular flexibility index (Phi) is 9.28. The molecule has 0 amide bonds. The molecule has 1 aromatic carbocycles. The van der Waals surface area contributed by atoms with Gasteiger partial charge in [-0.3, -0.25) is 13.9 Å². The molecule has 0 fully saturated rings. The monoisotopic (exact) mass is 581 g/mol. The van der Waals surface area contributed by atoms with E-state index in [9.17, 15) is 35.5 Å². The third-order valence-corrected chi connectivity index (χ3v) is 9.40. The Labute approximate surface area is 240 Å². The number of nitrogens with zero attached hydrogens (tertiary/aromatic N) is 1. The molecular formula is C22H24NNaO10S3. The van der Waals surface area contributed by atoms with Gasteiger partial charge in [0.1, 0.15) is 14.7 Å². The summed E-state index contributed by atoms with van der Waals surface area (Å²) in [6, 6.07) is 5.52. The topological polar surface area (TPSA) is 179 Å². The van der Waals surface area contributed by atoms with Gasteiger partial charge in [0.05, 0.1) is 10.4 Å². The minimum Gasteiger partial charge on any atom is -1.00 e. The number of carbonyl (C=O) groups is 1. The molecule has 0 atom stereocenters. The standard InChI is InChI=1S/C22H23NO10S3.Na.H/c24-19(25)6-2-1-3-7-23-8-4-5-13-9-14-10-15(22(26)33-17(14)11-16(13)23)21-18(35(27,28)29)12-20(34-21)36(30,31)32;;/h9-12H,1-8H2,(H,24,25)(H,27,28,29)(H,30,31,32);;/q;+1;-1. The van der Waals surface area contributed by atoms with Crippen LogP contribution in [0.15, 0.2) is 42.6 Å². The molecule has 37 heavy (non-hydrogen) atoms. The van der Waals surface area contributed by atoms with Crippen LogP contribution in [0.1, 0.15) is 39.1 Å². The molecule has 2 aromatic heterocycles. The minimum absolute atomic E-state index is 0. The Hall–Kier alpha value is -1.78. The number of carboxylic acid groups (broad SMARTS) is 1. The fourth-order valence-electron chi connectivity index (χ4n) is 4.28. The fourth-order valence-corrected chi connectivity index (χ4v) is 7.21. The summed E-state index contributed by atoms with van der Waals surface area (Å²) in [6.07, 6.45) is 3.94. The molecule has 1 aliphatic heterocycles. The first kappa shape index (κ1) is 29.8. The summed E-state index contributed by atoms with van der Waals surface area (Å²) < 4.78 is 70.4. The van der Waals surface area contributed by atoms with Crippen LogP contribution in [0.5, 0.6) is 0 Å². The molecule has 11 nitrogen and oxygen atoms in total. The van der Waals surface area contributed by atoms with Crippen LogP contribution in [0.3, 0.4) is 0 Å². The van der Waals surface area contributed by atoms with Crippen molar-refractivity contribution < 1.29 is 71.2 Å². The molecule has 3 heterocycles. The van der Waals surface area contributed by atoms with Gasteiger partial charge in [0.25, 0.3) is 10.1 Å². The number of anilines is 1. The van der Waals surface area contributed by atoms with Crippen molar-refractivity contribution in [1.82, 2.24) is 0 Å². The van der Waals surface area contributed by atoms with Gasteiger partial charge in [0.2, 0.25) is 0 Å². The molecule has 0 unspecified atom stereocenters. The first-order valence-corrected chi connectivity index (χ1v) is 14.7. The molecule has 0 bridgehead atoms. The molecule has 0 saturated carbocycles. The Morgan fingerprint density at radius 2 is 1.78 bits per heavy atom. The second kappa shape index (κ2) is 11.5. The first-order chi connectivity index (χ1) is 16.8. The zero-order valence-corrected chi connectivity index (χ0v) is 24.3. The third-order valence-electron chi connectivity index (χ3n) is 5.92. The summed E-state index contributed by atoms with van der Waals surface area (Å²) in [5, 5.41) is 9.25. The van der Waals surface area contributed by atoms with Crippen molar-refractivity contribution in [3.05, 3.63) is 40.2 Å². The van der Waals surface area contributed by atoms with E-state index in [0.29, 0.717) is 35.8 Å². The van der Waals surface area contributed by atoms with Crippen LogP contribution in [0, 0.1) is 0 Å². The predicted octanol–water partition coefficient (Wildman–Crippen LogP) is 0.529. The summed E-state index contributed by atoms with van der Waals surface area (Å²) >= 11 is 0.331. The second-order valence-corrected chi connectivity index (χ2v) is 12.6. The van der Waals surface area contributed by atoms with E-state index in [0.717, 1.165) is 43.5 Å². The smallest absolute Gasteiger partial charge is 1.00 e. The van der Waals surface area contributed by atoms with Gasteiger partial charge in [-0.15, -0.1) is 11.3 Å². The number of carboxylic acids is 1. The van der Waals surface area contributed by atoms with E-state index in [1.165, 1.54) is 6.07 Å². The van der Waals surface area contributed by atoms with Crippen molar-refractivity contribution in [2.24, 2.45) is 0 Å². The van der Waals surface area contributed by atoms with Crippen molar-refractivity contribution in [2.75, 3.05) is 18.0 Å². The number of hydrogen-bond acceptors (Lipinski definition) is 9. The quantitative estimate of drug-likeness (QED) is 0.139. The molecule has 0 spiro atoms. The molecule has 0 saturated heterocycles. The zero-order chi connectivity index (χ0) is 26.3. The molecule has 0 aliphatic carbocycles. The van der Waals surface area contributed by atoms with E-state index >= 15 is 0 Å². The van der Waals surface area contributed by atoms with Crippen LogP contribution in [0.4, 0.5) is 5.69 Å². The number of rotatable bonds is 9. The summed E-state index contributed by atoms with van der Waals surface area (Å²) in [5.74, 6) is -0.820. The number of fused-ring (bicyclic) bond motifs is 2. The van der Waals surface area contributed by atoms with Crippen LogP contribution in [0.25, 0.3) is 21.4 Å². The molecule has 4 rings (SSSR count). The Morgan fingerprint density at radius 3 is 2.43 bits per heavy atom. The van der Waals surface area contributed by atoms with Gasteiger partial charge in [-0.25, -0.2) is 4.79 Å². The van der Waals surface area contributed by atoms with Crippen molar-refractivity contribution in [1.29, 1.82) is 0 Å². The maximum absolute atomic E-state index is 12.8. The van der Waals surface area contributed by atoms with Crippen LogP contribution >= 0.6 is 11.3 Å². The van der Waals surface area contributed by atoms with E-state index in [1.807, 2.05) is 6.07 Å². The van der Waals surface area contributed by atoms with Gasteiger partial charge >= 0.3 is 51.3 Å². The Bertz CT molecular complexity index is 1620. The zero-order valence-electron chi connectivity index (χ0n) is 20.8. The van der Waals surface area contributed by atoms with E-state index < -0.39 is 40.9 Å². The van der Waals surface area contributed by atoms with E-state index in [4.69, 9.17) is 9.52 Å². The van der Waals surface area contributed by atoms with Gasteiger partial charge in [-0.05, 0) is 49.4 Å². The SMILES string of the molecule is O=C(O)CCCCCN1CCCc2cc3cc(-c4sc(S(=O)(=O)O)cc4S(=O)(=O)O)c(=O)oc3cc21.[H-].[Na+]. The Morgan fingerprint density at radius 1 is 1.05 bits per heavy atom. The fraction of sp³-hybridized carbons (Fsp3) is 0.364. The predicted molar refractivity (Wildman–Crippen MR) is 133 cm³/mol. The number of unbranched alkanes of at least 4 members (excludes halogenated alkanes) is 2. The normalized spacial score (nSPS) is 13.8. The molecule has 0 radical (unpaired) electrons. The number of aryl methyl sites for hydroxylation is 1. The van der Waals surface area contributed by atoms with Crippen molar-refractivity contribution in [2.45, 2.75) is 47.6 Å². The van der Waals surface area contributed by atoms with Crippen LogP contribution < -0.4 is 40.1 Å². The third kappa shape index (κ3) is 6.81. The van der Waals surface area contributed by atoms with Gasteiger partial charge in [0.15, 0.2) is 0 Å². The van der Waals surface area contributed by atoms with E-state index in [-0.39, 0.29) is 53.4 Å². The average Bonchev–Trinajstić information content (AvgIpc) is 3.24. The average molecular weight is 582 g/mol.